The van der Waals surface area contributed by atoms with Gasteiger partial charge >= 0.3 is 5.97 Å². The number of esters is 1. The lowest BCUT2D eigenvalue weighted by atomic mass is 10.1. The van der Waals surface area contributed by atoms with Crippen molar-refractivity contribution in [1.82, 2.24) is 94.6 Å². The van der Waals surface area contributed by atoms with E-state index in [1.54, 1.807) is 18.5 Å². The van der Waals surface area contributed by atoms with Crippen LogP contribution in [0.2, 0.25) is 20.1 Å². The minimum atomic E-state index is -0.945. The summed E-state index contributed by atoms with van der Waals surface area (Å²) in [5.74, 6) is -0.427. The maximum atomic E-state index is 11.8. The zero-order valence-electron chi connectivity index (χ0n) is 64.1. The Balaban J connectivity index is 0.000000122. The third-order valence-electron chi connectivity index (χ3n) is 20.0. The number of nitrogens with zero attached hydrogens (tertiary/aromatic N) is 19. The van der Waals surface area contributed by atoms with E-state index in [0.29, 0.717) is 96.2 Å². The van der Waals surface area contributed by atoms with Gasteiger partial charge in [0.25, 0.3) is 0 Å². The van der Waals surface area contributed by atoms with Crippen molar-refractivity contribution in [1.29, 1.82) is 0 Å². The molecule has 0 bridgehead atoms. The van der Waals surface area contributed by atoms with Crippen LogP contribution in [0.15, 0.2) is 255 Å². The molecule has 23 nitrogen and oxygen atoms in total. The van der Waals surface area contributed by atoms with Crippen LogP contribution in [0.4, 0.5) is 0 Å². The number of fused-ring (bicyclic) bond motifs is 4. The lowest BCUT2D eigenvalue weighted by molar-refractivity contribution is -0.141. The molecule has 1 atom stereocenters. The Morgan fingerprint density at radius 1 is 0.405 bits per heavy atom. The van der Waals surface area contributed by atoms with E-state index in [-0.39, 0.29) is 19.2 Å². The van der Waals surface area contributed by atoms with Gasteiger partial charge in [-0.3, -0.25) is 14.6 Å². The van der Waals surface area contributed by atoms with E-state index in [1.807, 2.05) is 240 Å². The lowest BCUT2D eigenvalue weighted by Crippen LogP contribution is -2.43. The fourth-order valence-corrected chi connectivity index (χ4v) is 15.3. The zero-order valence-corrected chi connectivity index (χ0v) is 67.1. The van der Waals surface area contributed by atoms with Gasteiger partial charge in [-0.05, 0) is 20.3 Å². The number of β-amino-alcohol motifs (C(OH)–C–C–N with tert-alkyl or cyclic N) is 1. The first-order chi connectivity index (χ1) is 56.4. The molecule has 2 aliphatic rings. The topological polar surface area (TPSA) is 251 Å². The van der Waals surface area contributed by atoms with Crippen LogP contribution in [0.3, 0.4) is 0 Å². The third-order valence-corrected chi connectivity index (χ3v) is 21.5. The second-order valence-corrected chi connectivity index (χ2v) is 30.2. The molecule has 0 radical (unpaired) electrons. The number of carbonyl (C=O) groups excluding carboxylic acids is 1. The minimum Gasteiger partial charge on any atom is -0.468 e. The smallest absolute Gasteiger partial charge is 0.327 e. The highest BCUT2D eigenvalue weighted by Gasteiger charge is 2.29. The van der Waals surface area contributed by atoms with Gasteiger partial charge in [-0.25, -0.2) is 18.7 Å². The van der Waals surface area contributed by atoms with E-state index in [2.05, 4.69) is 86.3 Å². The van der Waals surface area contributed by atoms with E-state index >= 15 is 0 Å². The summed E-state index contributed by atoms with van der Waals surface area (Å²) < 4.78 is 11.7. The molecule has 2 fully saturated rings. The number of methoxy groups -OCH3 is 1. The second kappa shape index (κ2) is 35.8. The van der Waals surface area contributed by atoms with Crippen molar-refractivity contribution >= 4 is 96.5 Å². The number of aliphatic hydroxyl groups excluding tert-OH is 1. The first-order valence-corrected chi connectivity index (χ1v) is 39.4. The summed E-state index contributed by atoms with van der Waals surface area (Å²) in [7, 11) is 3.42. The quantitative estimate of drug-likeness (QED) is 0.0757. The number of ether oxygens (including phenoxy) is 1. The van der Waals surface area contributed by atoms with Crippen LogP contribution >= 0.6 is 46.4 Å². The maximum absolute atomic E-state index is 11.8. The van der Waals surface area contributed by atoms with Crippen LogP contribution in [0.25, 0.3) is 134 Å². The van der Waals surface area contributed by atoms with Gasteiger partial charge in [0.05, 0.1) is 80.1 Å². The Kier molecular flexibility index (Phi) is 24.4. The number of benzene rings is 8. The Labute approximate surface area is 689 Å². The average Bonchev–Trinajstić information content (AvgIpc) is 1.61. The first kappa shape index (κ1) is 79.2. The SMILES string of the molecule is C=C1CN(CCn2nc(-c3ccccc3)c3c(Cl)c(-c4ccccc4)nnc32)CCN1C.CC(C)(O)Cn1nc(-c2ccccc2)c2c(Cl)c(-c3ccccc3)nnc21.COC(=O)Cn1nc(-c2ccccc2)c2c(Cl)c(-c3ccccc3)nnc21.O[C@@H]1CCN(CCn2nc(-c3ccccc3)c3c(Cl)c(-c4ccccc4)nnc32)C1. The Morgan fingerprint density at radius 2 is 0.690 bits per heavy atom. The Morgan fingerprint density at radius 3 is 0.983 bits per heavy atom. The van der Waals surface area contributed by atoms with E-state index in [4.69, 9.17) is 66.4 Å². The second-order valence-electron chi connectivity index (χ2n) is 28.7. The number of halogens is 4. The van der Waals surface area contributed by atoms with Crippen LogP contribution in [-0.2, 0) is 35.7 Å². The molecule has 18 rings (SSSR count). The summed E-state index contributed by atoms with van der Waals surface area (Å²) in [5, 5.41) is 79.7. The van der Waals surface area contributed by atoms with Crippen molar-refractivity contribution in [3.05, 3.63) is 275 Å². The van der Waals surface area contributed by atoms with Gasteiger partial charge in [-0.2, -0.15) is 20.4 Å². The minimum absolute atomic E-state index is 0.0739. The summed E-state index contributed by atoms with van der Waals surface area (Å²) in [4.78, 5) is 18.6. The molecule has 10 heterocycles. The predicted octanol–water partition coefficient (Wildman–Crippen LogP) is 17.0. The third kappa shape index (κ3) is 17.6. The fourth-order valence-electron chi connectivity index (χ4n) is 14.1. The molecule has 2 aliphatic heterocycles. The summed E-state index contributed by atoms with van der Waals surface area (Å²) >= 11 is 27.4. The number of carbonyl (C=O) groups is 1. The van der Waals surface area contributed by atoms with Gasteiger partial charge in [0, 0.05) is 103 Å². The molecule has 0 unspecified atom stereocenters. The van der Waals surface area contributed by atoms with Gasteiger partial charge in [-0.15, -0.1) is 40.8 Å². The van der Waals surface area contributed by atoms with Crippen molar-refractivity contribution in [2.45, 2.75) is 58.2 Å². The number of piperazine rings is 1. The number of hydrogen-bond donors (Lipinski definition) is 2. The van der Waals surface area contributed by atoms with Crippen molar-refractivity contribution in [3.8, 4) is 90.1 Å². The molecule has 27 heteroatoms. The van der Waals surface area contributed by atoms with Crippen molar-refractivity contribution in [3.63, 3.8) is 0 Å². The number of aliphatic hydroxyl groups is 2. The number of hydrogen-bond acceptors (Lipinski definition) is 19. The zero-order chi connectivity index (χ0) is 80.4. The number of rotatable bonds is 18. The summed E-state index contributed by atoms with van der Waals surface area (Å²) in [5.41, 5.74) is 15.5. The van der Waals surface area contributed by atoms with Crippen molar-refractivity contribution in [2.75, 3.05) is 60.0 Å². The van der Waals surface area contributed by atoms with Crippen LogP contribution in [0.5, 0.6) is 0 Å². The Bertz CT molecular complexity index is 6110. The molecule has 584 valence electrons. The van der Waals surface area contributed by atoms with Crippen molar-refractivity contribution < 1.29 is 19.7 Å². The first-order valence-electron chi connectivity index (χ1n) is 37.9. The van der Waals surface area contributed by atoms with Gasteiger partial charge < -0.3 is 19.8 Å². The molecule has 0 saturated carbocycles. The van der Waals surface area contributed by atoms with Gasteiger partial charge in [0.1, 0.15) is 52.1 Å². The molecular formula is C89H81Cl4N19O4. The van der Waals surface area contributed by atoms with E-state index in [9.17, 15) is 15.0 Å². The molecule has 0 aliphatic carbocycles. The van der Waals surface area contributed by atoms with E-state index in [0.717, 1.165) is 129 Å². The monoisotopic (exact) mass is 1620 g/mol. The molecule has 0 spiro atoms. The number of likely N-dealkylation sites (N-methyl/N-ethyl adjacent to an activating group) is 1. The molecule has 2 N–H and O–H groups in total. The van der Waals surface area contributed by atoms with Crippen LogP contribution in [0, 0.1) is 0 Å². The number of aromatic nitrogens is 16. The average molecular weight is 1620 g/mol. The van der Waals surface area contributed by atoms with Crippen LogP contribution in [-0.4, -0.2) is 182 Å². The highest BCUT2D eigenvalue weighted by molar-refractivity contribution is 6.40. The van der Waals surface area contributed by atoms with Crippen LogP contribution in [0.1, 0.15) is 20.3 Å². The fraction of sp³-hybridized carbons (Fsp3) is 0.202. The van der Waals surface area contributed by atoms with Gasteiger partial charge in [0.2, 0.25) is 0 Å². The molecule has 2 saturated heterocycles. The Hall–Kier alpha value is -12.0. The molecule has 8 aromatic heterocycles. The largest absolute Gasteiger partial charge is 0.468 e. The lowest BCUT2D eigenvalue weighted by Gasteiger charge is -2.35. The summed E-state index contributed by atoms with van der Waals surface area (Å²) in [6.45, 7) is 15.3. The van der Waals surface area contributed by atoms with Gasteiger partial charge in [0.15, 0.2) is 22.6 Å². The van der Waals surface area contributed by atoms with E-state index in [1.165, 1.54) is 11.8 Å². The molecule has 116 heavy (non-hydrogen) atoms. The van der Waals surface area contributed by atoms with E-state index < -0.39 is 11.6 Å². The molecule has 0 amide bonds. The highest BCUT2D eigenvalue weighted by atomic mass is 35.5. The molecule has 16 aromatic rings. The summed E-state index contributed by atoms with van der Waals surface area (Å²) in [6, 6.07) is 78.7. The number of likely N-dealkylation sites (tertiary alicyclic amines) is 1. The van der Waals surface area contributed by atoms with Gasteiger partial charge in [-0.1, -0.05) is 296 Å². The maximum Gasteiger partial charge on any atom is 0.327 e. The predicted molar refractivity (Wildman–Crippen MR) is 458 cm³/mol. The normalized spacial score (nSPS) is 13.8. The molecular weight excluding hydrogens is 1540 g/mol. The molecule has 8 aromatic carbocycles. The van der Waals surface area contributed by atoms with Crippen molar-refractivity contribution in [2.24, 2.45) is 0 Å². The summed E-state index contributed by atoms with van der Waals surface area (Å²) in [6.07, 6.45) is 0.586. The standard InChI is InChI=1S/C25H25ClN6.C23H22ClN5O.C21H19ClN4O.C20H15ClN4O2/c1-18-17-31(14-13-30(18)2)15-16-32-25-21(23(29-32)19-9-5-3-6-10-19)22(26)24(27-28-25)20-11-7-4-8-12-20;24-20-19-21(16-7-3-1-4-8-16)27-29(14-13-28-12-11-18(30)15-28)23(19)26-25-22(20)17-9-5-2-6-10-17;1-21(2,27)13-26-20-16(18(25-26)14-9-5-3-6-10-14)17(22)19(23-24-20)15-11-7-4-8-12-15;1-27-15(26)12-25-20-16(18(24-25)13-8-4-2-5-9-13)17(21)19(22-23-20)14-10-6-3-7-11-14/h3-12H,1,13-17H2,2H3;1-10,18,30H,11-15H2;3-12,27H,13H2,1-2H3;2-11H,12H2,1H3/t;18-;;/m.1../s1. The van der Waals surface area contributed by atoms with Crippen LogP contribution < -0.4 is 0 Å². The highest BCUT2D eigenvalue weighted by Crippen LogP contribution is 2.42.